The topological polar surface area (TPSA) is 38.3 Å². The molecule has 0 bridgehead atoms. The van der Waals surface area contributed by atoms with Crippen molar-refractivity contribution >= 4 is 11.6 Å². The number of anilines is 1. The maximum absolute atomic E-state index is 13.1. The number of carbonyl (C=O) groups is 1. The monoisotopic (exact) mass is 229 g/mol. The predicted octanol–water partition coefficient (Wildman–Crippen LogP) is 3.18. The molecule has 0 aliphatic carbocycles. The molecule has 2 aromatic rings. The fourth-order valence-corrected chi connectivity index (χ4v) is 1.74. The van der Waals surface area contributed by atoms with Crippen LogP contribution in [0.4, 0.5) is 10.1 Å². The summed E-state index contributed by atoms with van der Waals surface area (Å²) in [5.41, 5.74) is 0.773. The van der Waals surface area contributed by atoms with Gasteiger partial charge in [-0.25, -0.2) is 4.39 Å². The third kappa shape index (κ3) is 1.63. The van der Waals surface area contributed by atoms with Gasteiger partial charge in [-0.2, -0.15) is 0 Å². The largest absolute Gasteiger partial charge is 0.454 e. The Morgan fingerprint density at radius 3 is 2.76 bits per heavy atom. The summed E-state index contributed by atoms with van der Waals surface area (Å²) in [4.78, 5) is 11.9. The van der Waals surface area contributed by atoms with Gasteiger partial charge in [-0.05, 0) is 30.3 Å². The van der Waals surface area contributed by atoms with Gasteiger partial charge in [0, 0.05) is 0 Å². The molecule has 17 heavy (non-hydrogen) atoms. The summed E-state index contributed by atoms with van der Waals surface area (Å²) in [6.07, 6.45) is 0. The van der Waals surface area contributed by atoms with Crippen molar-refractivity contribution < 1.29 is 13.9 Å². The first-order valence-corrected chi connectivity index (χ1v) is 5.12. The first-order valence-electron chi connectivity index (χ1n) is 5.12. The second kappa shape index (κ2) is 3.59. The van der Waals surface area contributed by atoms with E-state index in [1.807, 2.05) is 0 Å². The van der Waals surface area contributed by atoms with E-state index in [2.05, 4.69) is 5.32 Å². The van der Waals surface area contributed by atoms with Crippen LogP contribution in [-0.4, -0.2) is 5.91 Å². The number of nitrogens with one attached hydrogen (secondary N) is 1. The van der Waals surface area contributed by atoms with Crippen LogP contribution in [0.25, 0.3) is 0 Å². The van der Waals surface area contributed by atoms with Crippen molar-refractivity contribution in [1.29, 1.82) is 0 Å². The van der Waals surface area contributed by atoms with Gasteiger partial charge in [0.1, 0.15) is 11.6 Å². The molecule has 1 aliphatic rings. The van der Waals surface area contributed by atoms with Crippen LogP contribution in [0.2, 0.25) is 0 Å². The number of carbonyl (C=O) groups excluding carboxylic acids is 1. The van der Waals surface area contributed by atoms with Gasteiger partial charge >= 0.3 is 0 Å². The number of hydrogen-bond acceptors (Lipinski definition) is 2. The molecule has 4 heteroatoms. The van der Waals surface area contributed by atoms with Crippen molar-refractivity contribution in [1.82, 2.24) is 0 Å². The molecule has 3 nitrogen and oxygen atoms in total. The van der Waals surface area contributed by atoms with Crippen molar-refractivity contribution in [2.75, 3.05) is 5.32 Å². The Bertz CT molecular complexity index is 610. The molecular formula is C13H8FNO2. The minimum Gasteiger partial charge on any atom is -0.454 e. The van der Waals surface area contributed by atoms with Crippen LogP contribution in [0.15, 0.2) is 42.5 Å². The van der Waals surface area contributed by atoms with Gasteiger partial charge in [0.25, 0.3) is 5.91 Å². The highest BCUT2D eigenvalue weighted by atomic mass is 19.1. The van der Waals surface area contributed by atoms with Crippen LogP contribution >= 0.6 is 0 Å². The molecule has 2 aromatic carbocycles. The van der Waals surface area contributed by atoms with Crippen molar-refractivity contribution in [2.45, 2.75) is 0 Å². The molecule has 0 aromatic heterocycles. The van der Waals surface area contributed by atoms with E-state index in [9.17, 15) is 9.18 Å². The molecule has 0 saturated heterocycles. The van der Waals surface area contributed by atoms with Crippen molar-refractivity contribution in [3.05, 3.63) is 53.8 Å². The summed E-state index contributed by atoms with van der Waals surface area (Å²) in [5, 5.41) is 2.68. The molecule has 1 N–H and O–H groups in total. The average molecular weight is 229 g/mol. The van der Waals surface area contributed by atoms with Gasteiger partial charge in [-0.3, -0.25) is 4.79 Å². The quantitative estimate of drug-likeness (QED) is 0.753. The fourth-order valence-electron chi connectivity index (χ4n) is 1.74. The Hall–Kier alpha value is -2.36. The third-order valence-electron chi connectivity index (χ3n) is 2.54. The number of rotatable bonds is 0. The number of ether oxygens (including phenoxy) is 1. The summed E-state index contributed by atoms with van der Waals surface area (Å²) < 4.78 is 18.7. The van der Waals surface area contributed by atoms with Gasteiger partial charge in [-0.15, -0.1) is 0 Å². The number of para-hydroxylation sites is 2. The zero-order valence-electron chi connectivity index (χ0n) is 8.74. The first kappa shape index (κ1) is 9.84. The second-order valence-electron chi connectivity index (χ2n) is 3.69. The van der Waals surface area contributed by atoms with Crippen molar-refractivity contribution in [2.24, 2.45) is 0 Å². The molecule has 0 saturated carbocycles. The molecule has 1 amide bonds. The van der Waals surface area contributed by atoms with E-state index in [-0.39, 0.29) is 11.5 Å². The molecule has 84 valence electrons. The molecular weight excluding hydrogens is 221 g/mol. The highest BCUT2D eigenvalue weighted by Crippen LogP contribution is 2.35. The zero-order valence-corrected chi connectivity index (χ0v) is 8.74. The predicted molar refractivity (Wildman–Crippen MR) is 60.9 cm³/mol. The molecule has 3 rings (SSSR count). The maximum Gasteiger partial charge on any atom is 0.259 e. The minimum atomic E-state index is -0.464. The zero-order chi connectivity index (χ0) is 11.8. The van der Waals surface area contributed by atoms with E-state index in [4.69, 9.17) is 4.74 Å². The number of hydrogen-bond donors (Lipinski definition) is 1. The number of benzene rings is 2. The highest BCUT2D eigenvalue weighted by Gasteiger charge is 2.20. The first-order chi connectivity index (χ1) is 8.24. The van der Waals surface area contributed by atoms with Crippen LogP contribution < -0.4 is 10.1 Å². The van der Waals surface area contributed by atoms with Gasteiger partial charge < -0.3 is 10.1 Å². The lowest BCUT2D eigenvalue weighted by Crippen LogP contribution is -2.10. The highest BCUT2D eigenvalue weighted by molar-refractivity contribution is 6.07. The Kier molecular flexibility index (Phi) is 2.08. The van der Waals surface area contributed by atoms with Gasteiger partial charge in [0.2, 0.25) is 0 Å². The van der Waals surface area contributed by atoms with Crippen LogP contribution in [-0.2, 0) is 0 Å². The third-order valence-corrected chi connectivity index (χ3v) is 2.54. The molecule has 1 aliphatic heterocycles. The van der Waals surface area contributed by atoms with Crippen LogP contribution in [0, 0.1) is 5.82 Å². The minimum absolute atomic E-state index is 0.196. The lowest BCUT2D eigenvalue weighted by Gasteiger charge is -2.06. The van der Waals surface area contributed by atoms with E-state index in [0.29, 0.717) is 17.2 Å². The summed E-state index contributed by atoms with van der Waals surface area (Å²) in [6.45, 7) is 0. The smallest absolute Gasteiger partial charge is 0.259 e. The Morgan fingerprint density at radius 2 is 1.88 bits per heavy atom. The van der Waals surface area contributed by atoms with E-state index in [1.54, 1.807) is 24.3 Å². The van der Waals surface area contributed by atoms with Crippen LogP contribution in [0.3, 0.4) is 0 Å². The normalized spacial score (nSPS) is 12.9. The number of fused-ring (bicyclic) bond motifs is 2. The lowest BCUT2D eigenvalue weighted by atomic mass is 10.2. The van der Waals surface area contributed by atoms with Crippen LogP contribution in [0.1, 0.15) is 10.4 Å². The standard InChI is InChI=1S/C13H8FNO2/c14-8-5-6-11-9(7-8)13(16)15-10-3-1-2-4-12(10)17-11/h1-7H,(H,15,16). The Labute approximate surface area is 96.8 Å². The summed E-state index contributed by atoms with van der Waals surface area (Å²) in [5.74, 6) is 0.0676. The number of amides is 1. The van der Waals surface area contributed by atoms with E-state index >= 15 is 0 Å². The van der Waals surface area contributed by atoms with E-state index in [0.717, 1.165) is 6.07 Å². The van der Waals surface area contributed by atoms with Gasteiger partial charge in [0.05, 0.1) is 11.3 Å². The van der Waals surface area contributed by atoms with Gasteiger partial charge in [-0.1, -0.05) is 12.1 Å². The fraction of sp³-hybridized carbons (Fsp3) is 0. The molecule has 0 radical (unpaired) electrons. The summed E-state index contributed by atoms with van der Waals surface area (Å²) in [6, 6.07) is 10.9. The Morgan fingerprint density at radius 1 is 1.06 bits per heavy atom. The lowest BCUT2D eigenvalue weighted by molar-refractivity contribution is 0.102. The SMILES string of the molecule is O=C1Nc2ccccc2Oc2ccc(F)cc21. The molecule has 0 unspecified atom stereocenters. The van der Waals surface area contributed by atoms with Gasteiger partial charge in [0.15, 0.2) is 5.75 Å². The maximum atomic E-state index is 13.1. The average Bonchev–Trinajstić information content (AvgIpc) is 2.46. The summed E-state index contributed by atoms with van der Waals surface area (Å²) >= 11 is 0. The van der Waals surface area contributed by atoms with Crippen molar-refractivity contribution in [3.63, 3.8) is 0 Å². The Balaban J connectivity index is 2.17. The van der Waals surface area contributed by atoms with E-state index < -0.39 is 5.82 Å². The second-order valence-corrected chi connectivity index (χ2v) is 3.69. The molecule has 0 fully saturated rings. The van der Waals surface area contributed by atoms with Crippen LogP contribution in [0.5, 0.6) is 11.5 Å². The van der Waals surface area contributed by atoms with E-state index in [1.165, 1.54) is 12.1 Å². The summed E-state index contributed by atoms with van der Waals surface area (Å²) in [7, 11) is 0. The van der Waals surface area contributed by atoms with Crippen molar-refractivity contribution in [3.8, 4) is 11.5 Å². The molecule has 1 heterocycles. The molecule has 0 spiro atoms. The number of halogens is 1. The molecule has 0 atom stereocenters.